The number of hydrogen-bond acceptors (Lipinski definition) is 3. The summed E-state index contributed by atoms with van der Waals surface area (Å²) in [6.07, 6.45) is 0. The van der Waals surface area contributed by atoms with Crippen molar-refractivity contribution in [2.45, 2.75) is 18.7 Å². The Morgan fingerprint density at radius 1 is 1.10 bits per heavy atom. The quantitative estimate of drug-likeness (QED) is 0.855. The molecule has 0 radical (unpaired) electrons. The average molecular weight is 303 g/mol. The number of nitrogens with two attached hydrogens (primary N) is 1. The Morgan fingerprint density at radius 2 is 1.76 bits per heavy atom. The zero-order valence-corrected chi connectivity index (χ0v) is 13.0. The third-order valence-electron chi connectivity index (χ3n) is 3.16. The lowest BCUT2D eigenvalue weighted by Gasteiger charge is -2.12. The summed E-state index contributed by atoms with van der Waals surface area (Å²) in [7, 11) is -0.967. The second-order valence-electron chi connectivity index (χ2n) is 4.84. The number of ether oxygens (including phenoxy) is 1. The lowest BCUT2D eigenvalue weighted by Crippen LogP contribution is -2.19. The maximum atomic E-state index is 12.2. The van der Waals surface area contributed by atoms with Gasteiger partial charge in [0.05, 0.1) is 6.61 Å². The van der Waals surface area contributed by atoms with Gasteiger partial charge in [0.15, 0.2) is 0 Å². The van der Waals surface area contributed by atoms with Gasteiger partial charge in [0.1, 0.15) is 5.75 Å². The van der Waals surface area contributed by atoms with Crippen molar-refractivity contribution in [2.24, 2.45) is 5.73 Å². The van der Waals surface area contributed by atoms with Crippen LogP contribution in [0.4, 0.5) is 0 Å². The fourth-order valence-corrected chi connectivity index (χ4v) is 3.37. The predicted molar refractivity (Wildman–Crippen MR) is 87.7 cm³/mol. The molecule has 112 valence electrons. The lowest BCUT2D eigenvalue weighted by atomic mass is 10.1. The maximum Gasteiger partial charge on any atom is 0.119 e. The van der Waals surface area contributed by atoms with Crippen molar-refractivity contribution in [1.82, 2.24) is 0 Å². The largest absolute Gasteiger partial charge is 0.494 e. The minimum Gasteiger partial charge on any atom is -0.494 e. The Bertz CT molecular complexity index is 569. The molecule has 3 nitrogen and oxygen atoms in total. The molecule has 2 aromatic carbocycles. The molecule has 2 rings (SSSR count). The van der Waals surface area contributed by atoms with E-state index in [1.165, 1.54) is 0 Å². The molecule has 0 aromatic heterocycles. The zero-order chi connectivity index (χ0) is 15.1. The standard InChI is InChI=1S/C17H21NO2S/c1-2-20-16-10-8-15(9-11-16)17(18)13-21(19)12-14-6-4-3-5-7-14/h3-11,17H,2,12-13,18H2,1H3. The van der Waals surface area contributed by atoms with Crippen LogP contribution in [0.15, 0.2) is 54.6 Å². The second-order valence-corrected chi connectivity index (χ2v) is 6.35. The Labute approximate surface area is 128 Å². The van der Waals surface area contributed by atoms with Crippen LogP contribution in [0, 0.1) is 0 Å². The first kappa shape index (κ1) is 15.7. The topological polar surface area (TPSA) is 52.3 Å². The first-order chi connectivity index (χ1) is 10.2. The molecule has 21 heavy (non-hydrogen) atoms. The summed E-state index contributed by atoms with van der Waals surface area (Å²) >= 11 is 0. The normalized spacial score (nSPS) is 13.6. The summed E-state index contributed by atoms with van der Waals surface area (Å²) < 4.78 is 17.6. The minimum absolute atomic E-state index is 0.217. The fourth-order valence-electron chi connectivity index (χ4n) is 2.09. The molecule has 0 aliphatic carbocycles. The van der Waals surface area contributed by atoms with E-state index in [0.29, 0.717) is 18.1 Å². The minimum atomic E-state index is -0.967. The molecular formula is C17H21NO2S. The smallest absolute Gasteiger partial charge is 0.119 e. The number of benzene rings is 2. The van der Waals surface area contributed by atoms with Crippen LogP contribution in [0.1, 0.15) is 24.1 Å². The van der Waals surface area contributed by atoms with Crippen molar-refractivity contribution >= 4 is 10.8 Å². The lowest BCUT2D eigenvalue weighted by molar-refractivity contribution is 0.340. The van der Waals surface area contributed by atoms with Gasteiger partial charge in [-0.3, -0.25) is 4.21 Å². The Balaban J connectivity index is 1.91. The number of hydrogen-bond donors (Lipinski definition) is 1. The third-order valence-corrected chi connectivity index (χ3v) is 4.54. The van der Waals surface area contributed by atoms with Crippen LogP contribution in [0.5, 0.6) is 5.75 Å². The van der Waals surface area contributed by atoms with Gasteiger partial charge in [-0.15, -0.1) is 0 Å². The maximum absolute atomic E-state index is 12.2. The van der Waals surface area contributed by atoms with Gasteiger partial charge in [0.2, 0.25) is 0 Å². The monoisotopic (exact) mass is 303 g/mol. The van der Waals surface area contributed by atoms with Crippen LogP contribution < -0.4 is 10.5 Å². The summed E-state index contributed by atoms with van der Waals surface area (Å²) in [4.78, 5) is 0. The molecule has 2 aromatic rings. The van der Waals surface area contributed by atoms with E-state index in [9.17, 15) is 4.21 Å². The molecule has 0 aliphatic rings. The SMILES string of the molecule is CCOc1ccc(C(N)CS(=O)Cc2ccccc2)cc1. The van der Waals surface area contributed by atoms with Crippen LogP contribution in [-0.4, -0.2) is 16.6 Å². The van der Waals surface area contributed by atoms with Crippen molar-refractivity contribution in [3.63, 3.8) is 0 Å². The van der Waals surface area contributed by atoms with Gasteiger partial charge in [-0.2, -0.15) is 0 Å². The molecular weight excluding hydrogens is 282 g/mol. The van der Waals surface area contributed by atoms with Crippen LogP contribution in [0.3, 0.4) is 0 Å². The molecule has 0 bridgehead atoms. The Morgan fingerprint density at radius 3 is 2.38 bits per heavy atom. The molecule has 0 saturated heterocycles. The van der Waals surface area contributed by atoms with E-state index < -0.39 is 10.8 Å². The van der Waals surface area contributed by atoms with Crippen molar-refractivity contribution in [1.29, 1.82) is 0 Å². The molecule has 0 saturated carbocycles. The van der Waals surface area contributed by atoms with Crippen molar-refractivity contribution in [3.05, 3.63) is 65.7 Å². The van der Waals surface area contributed by atoms with Gasteiger partial charge in [-0.05, 0) is 30.2 Å². The van der Waals surface area contributed by atoms with E-state index >= 15 is 0 Å². The second kappa shape index (κ2) is 7.96. The van der Waals surface area contributed by atoms with Crippen LogP contribution in [0.2, 0.25) is 0 Å². The van der Waals surface area contributed by atoms with E-state index in [2.05, 4.69) is 0 Å². The summed E-state index contributed by atoms with van der Waals surface area (Å²) in [5.74, 6) is 1.84. The molecule has 2 unspecified atom stereocenters. The molecule has 0 fully saturated rings. The van der Waals surface area contributed by atoms with Gasteiger partial charge in [0.25, 0.3) is 0 Å². The van der Waals surface area contributed by atoms with Crippen LogP contribution in [0.25, 0.3) is 0 Å². The van der Waals surface area contributed by atoms with E-state index in [0.717, 1.165) is 16.9 Å². The predicted octanol–water partition coefficient (Wildman–Crippen LogP) is 3.03. The Kier molecular flexibility index (Phi) is 5.96. The van der Waals surface area contributed by atoms with E-state index in [1.54, 1.807) is 0 Å². The fraction of sp³-hybridized carbons (Fsp3) is 0.294. The highest BCUT2D eigenvalue weighted by molar-refractivity contribution is 7.84. The van der Waals surface area contributed by atoms with Gasteiger partial charge in [0, 0.05) is 28.3 Å². The van der Waals surface area contributed by atoms with Crippen molar-refractivity contribution in [2.75, 3.05) is 12.4 Å². The summed E-state index contributed by atoms with van der Waals surface area (Å²) in [6, 6.07) is 17.3. The summed E-state index contributed by atoms with van der Waals surface area (Å²) in [5, 5.41) is 0. The molecule has 2 N–H and O–H groups in total. The van der Waals surface area contributed by atoms with Gasteiger partial charge in [-0.1, -0.05) is 42.5 Å². The zero-order valence-electron chi connectivity index (χ0n) is 12.2. The van der Waals surface area contributed by atoms with E-state index in [-0.39, 0.29) is 6.04 Å². The highest BCUT2D eigenvalue weighted by atomic mass is 32.2. The highest BCUT2D eigenvalue weighted by Gasteiger charge is 2.11. The van der Waals surface area contributed by atoms with Gasteiger partial charge in [-0.25, -0.2) is 0 Å². The van der Waals surface area contributed by atoms with Gasteiger partial charge >= 0.3 is 0 Å². The third kappa shape index (κ3) is 4.99. The average Bonchev–Trinajstić information content (AvgIpc) is 2.49. The summed E-state index contributed by atoms with van der Waals surface area (Å²) in [5.41, 5.74) is 8.20. The molecule has 0 spiro atoms. The van der Waals surface area contributed by atoms with Crippen LogP contribution >= 0.6 is 0 Å². The Hall–Kier alpha value is -1.65. The molecule has 2 atom stereocenters. The summed E-state index contributed by atoms with van der Waals surface area (Å²) in [6.45, 7) is 2.60. The first-order valence-electron chi connectivity index (χ1n) is 7.06. The van der Waals surface area contributed by atoms with Crippen molar-refractivity contribution in [3.8, 4) is 5.75 Å². The molecule has 0 amide bonds. The van der Waals surface area contributed by atoms with Gasteiger partial charge < -0.3 is 10.5 Å². The highest BCUT2D eigenvalue weighted by Crippen LogP contribution is 2.18. The van der Waals surface area contributed by atoms with E-state index in [4.69, 9.17) is 10.5 Å². The molecule has 0 heterocycles. The van der Waals surface area contributed by atoms with E-state index in [1.807, 2.05) is 61.5 Å². The molecule has 0 aliphatic heterocycles. The van der Waals surface area contributed by atoms with Crippen molar-refractivity contribution < 1.29 is 8.95 Å². The van der Waals surface area contributed by atoms with Crippen LogP contribution in [-0.2, 0) is 16.6 Å². The number of rotatable bonds is 7. The first-order valence-corrected chi connectivity index (χ1v) is 8.55. The molecule has 4 heteroatoms.